The van der Waals surface area contributed by atoms with Gasteiger partial charge in [-0.1, -0.05) is 55.5 Å². The molecule has 4 aromatic rings. The molecule has 2 heterocycles. The third kappa shape index (κ3) is 2.67. The van der Waals surface area contributed by atoms with Crippen molar-refractivity contribution in [1.82, 2.24) is 14.8 Å². The van der Waals surface area contributed by atoms with E-state index in [4.69, 9.17) is 5.10 Å². The smallest absolute Gasteiger partial charge is 0.112 e. The third-order valence-corrected chi connectivity index (χ3v) is 4.51. The SMILES string of the molecule is CCCn1nc2cnc3ccccc3c2c1CCc1ccccc1. The lowest BCUT2D eigenvalue weighted by Crippen LogP contribution is -2.06. The fraction of sp³-hybridized carbons (Fsp3) is 0.238. The van der Waals surface area contributed by atoms with Gasteiger partial charge in [0.2, 0.25) is 0 Å². The molecule has 0 aliphatic rings. The molecule has 2 aromatic carbocycles. The molecule has 0 spiro atoms. The summed E-state index contributed by atoms with van der Waals surface area (Å²) in [4.78, 5) is 4.57. The van der Waals surface area contributed by atoms with Gasteiger partial charge >= 0.3 is 0 Å². The van der Waals surface area contributed by atoms with Crippen molar-refractivity contribution in [3.8, 4) is 0 Å². The lowest BCUT2D eigenvalue weighted by atomic mass is 10.0. The van der Waals surface area contributed by atoms with Crippen LogP contribution in [-0.4, -0.2) is 14.8 Å². The molecule has 0 saturated carbocycles. The van der Waals surface area contributed by atoms with Crippen LogP contribution in [0.5, 0.6) is 0 Å². The highest BCUT2D eigenvalue weighted by Gasteiger charge is 2.14. The summed E-state index contributed by atoms with van der Waals surface area (Å²) in [5, 5.41) is 7.30. The van der Waals surface area contributed by atoms with Gasteiger partial charge in [-0.25, -0.2) is 0 Å². The second-order valence-electron chi connectivity index (χ2n) is 6.19. The zero-order valence-electron chi connectivity index (χ0n) is 13.9. The van der Waals surface area contributed by atoms with Gasteiger partial charge in [-0.2, -0.15) is 5.10 Å². The Labute approximate surface area is 142 Å². The first-order valence-corrected chi connectivity index (χ1v) is 8.64. The van der Waals surface area contributed by atoms with Crippen molar-refractivity contribution >= 4 is 21.8 Å². The molecule has 0 N–H and O–H groups in total. The van der Waals surface area contributed by atoms with Gasteiger partial charge in [0.05, 0.1) is 11.7 Å². The molecule has 24 heavy (non-hydrogen) atoms. The maximum atomic E-state index is 4.82. The number of aromatic nitrogens is 3. The molecular weight excluding hydrogens is 294 g/mol. The third-order valence-electron chi connectivity index (χ3n) is 4.51. The minimum Gasteiger partial charge on any atom is -0.268 e. The predicted octanol–water partition coefficient (Wildman–Crippen LogP) is 4.78. The Morgan fingerprint density at radius 3 is 2.50 bits per heavy atom. The summed E-state index contributed by atoms with van der Waals surface area (Å²) in [6.45, 7) is 3.15. The Hall–Kier alpha value is -2.68. The predicted molar refractivity (Wildman–Crippen MR) is 99.2 cm³/mol. The molecule has 3 nitrogen and oxygen atoms in total. The number of aryl methyl sites for hydroxylation is 3. The Morgan fingerprint density at radius 2 is 1.67 bits per heavy atom. The number of benzene rings is 2. The van der Waals surface area contributed by atoms with Crippen molar-refractivity contribution in [2.24, 2.45) is 0 Å². The highest BCUT2D eigenvalue weighted by molar-refractivity contribution is 6.05. The van der Waals surface area contributed by atoms with Crippen LogP contribution < -0.4 is 0 Å². The van der Waals surface area contributed by atoms with Crippen LogP contribution in [0.2, 0.25) is 0 Å². The van der Waals surface area contributed by atoms with Crippen molar-refractivity contribution < 1.29 is 0 Å². The molecule has 0 unspecified atom stereocenters. The topological polar surface area (TPSA) is 30.7 Å². The van der Waals surface area contributed by atoms with Crippen LogP contribution in [0.4, 0.5) is 0 Å². The van der Waals surface area contributed by atoms with Crippen LogP contribution in [-0.2, 0) is 19.4 Å². The average molecular weight is 315 g/mol. The van der Waals surface area contributed by atoms with E-state index in [1.165, 1.54) is 22.0 Å². The number of rotatable bonds is 5. The fourth-order valence-electron chi connectivity index (χ4n) is 3.39. The Morgan fingerprint density at radius 1 is 0.875 bits per heavy atom. The number of hydrogen-bond donors (Lipinski definition) is 0. The molecule has 0 aliphatic heterocycles. The molecule has 0 fully saturated rings. The summed E-state index contributed by atoms with van der Waals surface area (Å²) in [6, 6.07) is 19.0. The highest BCUT2D eigenvalue weighted by atomic mass is 15.3. The minimum absolute atomic E-state index is 0.952. The number of para-hydroxylation sites is 1. The normalized spacial score (nSPS) is 11.4. The lowest BCUT2D eigenvalue weighted by Gasteiger charge is -2.08. The first kappa shape index (κ1) is 14.9. The van der Waals surface area contributed by atoms with E-state index >= 15 is 0 Å². The van der Waals surface area contributed by atoms with E-state index in [2.05, 4.69) is 65.1 Å². The van der Waals surface area contributed by atoms with Gasteiger partial charge in [-0.3, -0.25) is 9.67 Å². The Kier molecular flexibility index (Phi) is 3.99. The molecule has 0 bridgehead atoms. The van der Waals surface area contributed by atoms with E-state index in [1.54, 1.807) is 0 Å². The van der Waals surface area contributed by atoms with E-state index < -0.39 is 0 Å². The number of hydrogen-bond acceptors (Lipinski definition) is 2. The van der Waals surface area contributed by atoms with Gasteiger partial charge in [-0.15, -0.1) is 0 Å². The van der Waals surface area contributed by atoms with E-state index in [0.29, 0.717) is 0 Å². The molecule has 0 saturated heterocycles. The molecule has 2 aromatic heterocycles. The van der Waals surface area contributed by atoms with E-state index in [0.717, 1.165) is 36.8 Å². The van der Waals surface area contributed by atoms with Crippen molar-refractivity contribution in [2.75, 3.05) is 0 Å². The van der Waals surface area contributed by atoms with Crippen LogP contribution in [0.25, 0.3) is 21.8 Å². The summed E-state index contributed by atoms with van der Waals surface area (Å²) in [6.07, 6.45) is 5.02. The van der Waals surface area contributed by atoms with Gasteiger partial charge in [0, 0.05) is 23.0 Å². The zero-order chi connectivity index (χ0) is 16.4. The second-order valence-corrected chi connectivity index (χ2v) is 6.19. The molecule has 0 radical (unpaired) electrons. The highest BCUT2D eigenvalue weighted by Crippen LogP contribution is 2.27. The summed E-state index contributed by atoms with van der Waals surface area (Å²) in [5.41, 5.74) is 4.75. The van der Waals surface area contributed by atoms with E-state index in [1.807, 2.05) is 12.3 Å². The van der Waals surface area contributed by atoms with Crippen LogP contribution >= 0.6 is 0 Å². The first-order chi connectivity index (χ1) is 11.9. The zero-order valence-corrected chi connectivity index (χ0v) is 13.9. The molecule has 0 aliphatic carbocycles. The second kappa shape index (κ2) is 6.44. The monoisotopic (exact) mass is 315 g/mol. The summed E-state index contributed by atoms with van der Waals surface area (Å²) in [7, 11) is 0. The van der Waals surface area contributed by atoms with Gasteiger partial charge in [0.25, 0.3) is 0 Å². The molecule has 120 valence electrons. The largest absolute Gasteiger partial charge is 0.268 e. The summed E-state index contributed by atoms with van der Waals surface area (Å²) >= 11 is 0. The molecule has 4 rings (SSSR count). The maximum absolute atomic E-state index is 4.82. The minimum atomic E-state index is 0.952. The van der Waals surface area contributed by atoms with Crippen molar-refractivity contribution in [3.63, 3.8) is 0 Å². The van der Waals surface area contributed by atoms with Crippen LogP contribution in [0, 0.1) is 0 Å². The first-order valence-electron chi connectivity index (χ1n) is 8.64. The van der Waals surface area contributed by atoms with Gasteiger partial charge in [0.15, 0.2) is 0 Å². The van der Waals surface area contributed by atoms with Gasteiger partial charge in [-0.05, 0) is 30.9 Å². The van der Waals surface area contributed by atoms with Crippen molar-refractivity contribution in [1.29, 1.82) is 0 Å². The molecule has 3 heteroatoms. The molecule has 0 amide bonds. The van der Waals surface area contributed by atoms with Crippen molar-refractivity contribution in [3.05, 3.63) is 72.1 Å². The Bertz CT molecular complexity index is 970. The number of pyridine rings is 1. The fourth-order valence-corrected chi connectivity index (χ4v) is 3.39. The van der Waals surface area contributed by atoms with Crippen LogP contribution in [0.15, 0.2) is 60.8 Å². The molecular formula is C21H21N3. The van der Waals surface area contributed by atoms with Gasteiger partial charge in [0.1, 0.15) is 5.52 Å². The Balaban J connectivity index is 1.83. The molecule has 0 atom stereocenters. The van der Waals surface area contributed by atoms with Crippen LogP contribution in [0.1, 0.15) is 24.6 Å². The number of nitrogens with zero attached hydrogens (tertiary/aromatic N) is 3. The van der Waals surface area contributed by atoms with E-state index in [-0.39, 0.29) is 0 Å². The number of fused-ring (bicyclic) bond motifs is 3. The lowest BCUT2D eigenvalue weighted by molar-refractivity contribution is 0.578. The van der Waals surface area contributed by atoms with Gasteiger partial charge < -0.3 is 0 Å². The van der Waals surface area contributed by atoms with Crippen LogP contribution in [0.3, 0.4) is 0 Å². The quantitative estimate of drug-likeness (QED) is 0.530. The van der Waals surface area contributed by atoms with Crippen molar-refractivity contribution in [2.45, 2.75) is 32.7 Å². The van der Waals surface area contributed by atoms with E-state index in [9.17, 15) is 0 Å². The summed E-state index contributed by atoms with van der Waals surface area (Å²) < 4.78 is 2.18. The maximum Gasteiger partial charge on any atom is 0.112 e. The summed E-state index contributed by atoms with van der Waals surface area (Å²) in [5.74, 6) is 0. The standard InChI is InChI=1S/C21H21N3/c1-2-14-24-20(13-12-16-8-4-3-5-9-16)21-17-10-6-7-11-18(17)22-15-19(21)23-24/h3-11,15H,2,12-14H2,1H3. The average Bonchev–Trinajstić information content (AvgIpc) is 2.99.